The van der Waals surface area contributed by atoms with Crippen LogP contribution >= 0.6 is 11.3 Å². The number of rotatable bonds is 4. The van der Waals surface area contributed by atoms with Gasteiger partial charge in [-0.25, -0.2) is 4.98 Å². The summed E-state index contributed by atoms with van der Waals surface area (Å²) in [4.78, 5) is 45.7. The number of anilines is 1. The number of carbonyl (C=O) groups excluding carboxylic acids is 2. The Morgan fingerprint density at radius 1 is 1.20 bits per heavy atom. The summed E-state index contributed by atoms with van der Waals surface area (Å²) in [5.74, 6) is -0.0173. The van der Waals surface area contributed by atoms with Gasteiger partial charge in [0, 0.05) is 18.8 Å². The first-order valence-electron chi connectivity index (χ1n) is 11.2. The molecule has 1 saturated heterocycles. The summed E-state index contributed by atoms with van der Waals surface area (Å²) >= 11 is 1.15. The molecule has 11 heteroatoms. The highest BCUT2D eigenvalue weighted by Crippen LogP contribution is 2.31. The molecule has 3 heterocycles. The molecule has 1 N–H and O–H groups in total. The number of halogens is 3. The van der Waals surface area contributed by atoms with E-state index >= 15 is 0 Å². The molecule has 1 fully saturated rings. The van der Waals surface area contributed by atoms with Crippen LogP contribution < -0.4 is 10.9 Å². The van der Waals surface area contributed by atoms with Crippen LogP contribution in [0.5, 0.6) is 0 Å². The lowest BCUT2D eigenvalue weighted by molar-refractivity contribution is -0.137. The molecule has 0 bridgehead atoms. The van der Waals surface area contributed by atoms with Crippen molar-refractivity contribution in [2.45, 2.75) is 39.9 Å². The standard InChI is InChI=1S/C24H25F3N4O3S/c1-13-7-14(2)10-30(9-13)23(34)20-15(3)19-21(35-20)28-12-31(22(19)33)11-18(32)29-17-6-4-5-16(8-17)24(25,26)27/h4-6,8,12-14H,7,9-11H2,1-3H3,(H,29,32)/t13-,14-/m0/s1. The molecule has 2 amide bonds. The molecule has 0 aliphatic carbocycles. The summed E-state index contributed by atoms with van der Waals surface area (Å²) in [6.45, 7) is 6.79. The molecule has 0 spiro atoms. The smallest absolute Gasteiger partial charge is 0.337 e. The number of alkyl halides is 3. The van der Waals surface area contributed by atoms with Crippen molar-refractivity contribution >= 4 is 39.1 Å². The molecule has 35 heavy (non-hydrogen) atoms. The number of hydrogen-bond donors (Lipinski definition) is 1. The lowest BCUT2D eigenvalue weighted by Gasteiger charge is -2.34. The van der Waals surface area contributed by atoms with Gasteiger partial charge in [0.1, 0.15) is 11.4 Å². The van der Waals surface area contributed by atoms with Crippen molar-refractivity contribution in [2.75, 3.05) is 18.4 Å². The lowest BCUT2D eigenvalue weighted by atomic mass is 9.92. The van der Waals surface area contributed by atoms with Crippen molar-refractivity contribution in [3.63, 3.8) is 0 Å². The third kappa shape index (κ3) is 5.24. The summed E-state index contributed by atoms with van der Waals surface area (Å²) in [6.07, 6.45) is -2.27. The zero-order valence-corrected chi connectivity index (χ0v) is 20.3. The number of amides is 2. The average Bonchev–Trinajstić information content (AvgIpc) is 3.11. The number of nitrogens with zero attached hydrogens (tertiary/aromatic N) is 3. The van der Waals surface area contributed by atoms with E-state index in [0.717, 1.165) is 34.5 Å². The van der Waals surface area contributed by atoms with Gasteiger partial charge in [0.15, 0.2) is 0 Å². The molecule has 4 rings (SSSR count). The Morgan fingerprint density at radius 3 is 2.54 bits per heavy atom. The monoisotopic (exact) mass is 506 g/mol. The quantitative estimate of drug-likeness (QED) is 0.563. The molecule has 186 valence electrons. The van der Waals surface area contributed by atoms with Crippen LogP contribution in [-0.4, -0.2) is 39.4 Å². The summed E-state index contributed by atoms with van der Waals surface area (Å²) in [5.41, 5.74) is -0.885. The predicted octanol–water partition coefficient (Wildman–Crippen LogP) is 4.54. The maximum absolute atomic E-state index is 13.2. The zero-order chi connectivity index (χ0) is 25.5. The number of benzene rings is 1. The van der Waals surface area contributed by atoms with Crippen LogP contribution in [0.1, 0.15) is 41.1 Å². The van der Waals surface area contributed by atoms with Gasteiger partial charge >= 0.3 is 6.18 Å². The number of thiophene rings is 1. The molecule has 1 aliphatic heterocycles. The number of nitrogens with one attached hydrogen (secondary N) is 1. The van der Waals surface area contributed by atoms with E-state index in [2.05, 4.69) is 24.1 Å². The second-order valence-electron chi connectivity index (χ2n) is 9.20. The van der Waals surface area contributed by atoms with Gasteiger partial charge in [0.2, 0.25) is 5.91 Å². The van der Waals surface area contributed by atoms with Gasteiger partial charge in [0.05, 0.1) is 22.2 Å². The molecule has 2 atom stereocenters. The van der Waals surface area contributed by atoms with Crippen molar-refractivity contribution in [3.05, 3.63) is 57.0 Å². The van der Waals surface area contributed by atoms with E-state index in [-0.39, 0.29) is 17.0 Å². The van der Waals surface area contributed by atoms with Gasteiger partial charge in [-0.2, -0.15) is 13.2 Å². The minimum absolute atomic E-state index is 0.0310. The highest BCUT2D eigenvalue weighted by Gasteiger charge is 2.31. The second-order valence-corrected chi connectivity index (χ2v) is 10.2. The number of hydrogen-bond acceptors (Lipinski definition) is 5. The van der Waals surface area contributed by atoms with Crippen molar-refractivity contribution in [1.82, 2.24) is 14.5 Å². The van der Waals surface area contributed by atoms with Crippen LogP contribution in [0.3, 0.4) is 0 Å². The van der Waals surface area contributed by atoms with Gasteiger partial charge in [-0.05, 0) is 48.9 Å². The normalized spacial score (nSPS) is 18.6. The highest BCUT2D eigenvalue weighted by atomic mass is 32.1. The topological polar surface area (TPSA) is 84.3 Å². The van der Waals surface area contributed by atoms with E-state index in [1.165, 1.54) is 18.5 Å². The fraction of sp³-hybridized carbons (Fsp3) is 0.417. The Kier molecular flexibility index (Phi) is 6.72. The van der Waals surface area contributed by atoms with Crippen molar-refractivity contribution in [2.24, 2.45) is 11.8 Å². The zero-order valence-electron chi connectivity index (χ0n) is 19.5. The third-order valence-corrected chi connectivity index (χ3v) is 7.24. The van der Waals surface area contributed by atoms with Crippen molar-refractivity contribution in [1.29, 1.82) is 0 Å². The molecule has 0 radical (unpaired) electrons. The number of aryl methyl sites for hydroxylation is 1. The molecular formula is C24H25F3N4O3S. The average molecular weight is 507 g/mol. The Balaban J connectivity index is 1.56. The SMILES string of the molecule is Cc1c(C(=O)N2C[C@@H](C)C[C@H](C)C2)sc2ncn(CC(=O)Nc3cccc(C(F)(F)F)c3)c(=O)c12. The van der Waals surface area contributed by atoms with E-state index < -0.39 is 29.8 Å². The number of piperidine rings is 1. The van der Waals surface area contributed by atoms with E-state index in [1.807, 2.05) is 4.90 Å². The Bertz CT molecular complexity index is 1340. The van der Waals surface area contributed by atoms with Crippen LogP contribution in [-0.2, 0) is 17.5 Å². The van der Waals surface area contributed by atoms with E-state index in [4.69, 9.17) is 0 Å². The summed E-state index contributed by atoms with van der Waals surface area (Å²) in [5, 5.41) is 2.65. The number of aromatic nitrogens is 2. The fourth-order valence-electron chi connectivity index (χ4n) is 4.58. The highest BCUT2D eigenvalue weighted by molar-refractivity contribution is 7.20. The van der Waals surface area contributed by atoms with Gasteiger partial charge in [-0.3, -0.25) is 19.0 Å². The van der Waals surface area contributed by atoms with Gasteiger partial charge < -0.3 is 10.2 Å². The first kappa shape index (κ1) is 24.9. The summed E-state index contributed by atoms with van der Waals surface area (Å²) in [6, 6.07) is 4.25. The molecule has 3 aromatic rings. The van der Waals surface area contributed by atoms with E-state index in [0.29, 0.717) is 40.2 Å². The van der Waals surface area contributed by atoms with Crippen LogP contribution in [0, 0.1) is 18.8 Å². The summed E-state index contributed by atoms with van der Waals surface area (Å²) in [7, 11) is 0. The number of likely N-dealkylation sites (tertiary alicyclic amines) is 1. The molecule has 2 aromatic heterocycles. The fourth-order valence-corrected chi connectivity index (χ4v) is 5.68. The molecule has 1 aromatic carbocycles. The first-order chi connectivity index (χ1) is 16.4. The van der Waals surface area contributed by atoms with Crippen LogP contribution in [0.15, 0.2) is 35.4 Å². The second kappa shape index (κ2) is 9.44. The number of fused-ring (bicyclic) bond motifs is 1. The largest absolute Gasteiger partial charge is 0.416 e. The van der Waals surface area contributed by atoms with Crippen LogP contribution in [0.4, 0.5) is 18.9 Å². The molecule has 0 saturated carbocycles. The van der Waals surface area contributed by atoms with Crippen LogP contribution in [0.2, 0.25) is 0 Å². The van der Waals surface area contributed by atoms with Crippen molar-refractivity contribution in [3.8, 4) is 0 Å². The van der Waals surface area contributed by atoms with Gasteiger partial charge in [0.25, 0.3) is 11.5 Å². The molecular weight excluding hydrogens is 481 g/mol. The van der Waals surface area contributed by atoms with Crippen molar-refractivity contribution < 1.29 is 22.8 Å². The van der Waals surface area contributed by atoms with E-state index in [9.17, 15) is 27.6 Å². The molecule has 7 nitrogen and oxygen atoms in total. The Hall–Kier alpha value is -3.21. The molecule has 0 unspecified atom stereocenters. The summed E-state index contributed by atoms with van der Waals surface area (Å²) < 4.78 is 39.8. The number of carbonyl (C=O) groups is 2. The predicted molar refractivity (Wildman–Crippen MR) is 128 cm³/mol. The van der Waals surface area contributed by atoms with E-state index in [1.54, 1.807) is 6.92 Å². The van der Waals surface area contributed by atoms with Gasteiger partial charge in [-0.15, -0.1) is 11.3 Å². The van der Waals surface area contributed by atoms with Gasteiger partial charge in [-0.1, -0.05) is 19.9 Å². The third-order valence-electron chi connectivity index (χ3n) is 6.06. The molecule has 1 aliphatic rings. The Labute approximate surface area is 203 Å². The minimum atomic E-state index is -4.54. The maximum atomic E-state index is 13.2. The Morgan fingerprint density at radius 2 is 1.89 bits per heavy atom. The first-order valence-corrected chi connectivity index (χ1v) is 12.0. The maximum Gasteiger partial charge on any atom is 0.416 e. The minimum Gasteiger partial charge on any atom is -0.337 e. The van der Waals surface area contributed by atoms with Crippen LogP contribution in [0.25, 0.3) is 10.2 Å². The lowest BCUT2D eigenvalue weighted by Crippen LogP contribution is -2.42.